The third-order valence-corrected chi connectivity index (χ3v) is 4.59. The maximum atomic E-state index is 13.7. The summed E-state index contributed by atoms with van der Waals surface area (Å²) in [6, 6.07) is -0.153. The second kappa shape index (κ2) is 8.53. The van der Waals surface area contributed by atoms with E-state index in [9.17, 15) is 22.8 Å². The molecule has 0 bridgehead atoms. The van der Waals surface area contributed by atoms with Gasteiger partial charge in [0.05, 0.1) is 0 Å². The Morgan fingerprint density at radius 3 is 2.62 bits per heavy atom. The molecule has 0 saturated carbocycles. The molecule has 0 radical (unpaired) electrons. The van der Waals surface area contributed by atoms with Crippen molar-refractivity contribution in [3.05, 3.63) is 35.1 Å². The number of rotatable bonds is 5. The molecule has 1 aliphatic rings. The van der Waals surface area contributed by atoms with Crippen LogP contribution in [0.25, 0.3) is 0 Å². The minimum Gasteiger partial charge on any atom is -0.352 e. The first-order chi connectivity index (χ1) is 12.2. The fourth-order valence-electron chi connectivity index (χ4n) is 3.16. The Bertz CT molecular complexity index is 684. The molecule has 5 nitrogen and oxygen atoms in total. The lowest BCUT2D eigenvalue weighted by molar-refractivity contribution is -0.139. The number of nitrogens with two attached hydrogens (primary N) is 1. The molecule has 3 atom stereocenters. The van der Waals surface area contributed by atoms with Crippen LogP contribution in [0, 0.1) is 17.5 Å². The number of benzene rings is 1. The number of nitrogens with zero attached hydrogens (tertiary/aromatic N) is 1. The van der Waals surface area contributed by atoms with Crippen molar-refractivity contribution in [3.63, 3.8) is 0 Å². The zero-order valence-electron chi connectivity index (χ0n) is 14.9. The van der Waals surface area contributed by atoms with Crippen LogP contribution in [-0.4, -0.2) is 41.4 Å². The van der Waals surface area contributed by atoms with E-state index < -0.39 is 29.5 Å². The standard InChI is InChI=1S/C18H24F3N3O2/c1-3-16-18(26)23-10(2)4-5-24(16)17(25)8-12(22)6-11-7-14(20)15(21)9-13(11)19/h7,9-10,12,16H,3-6,8,22H2,1-2H3,(H,23,26)/t10-,12-,16-/m1/s1. The predicted molar refractivity (Wildman–Crippen MR) is 90.6 cm³/mol. The van der Waals surface area contributed by atoms with Gasteiger partial charge in [-0.05, 0) is 37.8 Å². The van der Waals surface area contributed by atoms with Crippen molar-refractivity contribution in [2.24, 2.45) is 5.73 Å². The van der Waals surface area contributed by atoms with Crippen LogP contribution in [0.15, 0.2) is 12.1 Å². The van der Waals surface area contributed by atoms with Crippen LogP contribution in [0.1, 0.15) is 38.7 Å². The van der Waals surface area contributed by atoms with Gasteiger partial charge in [0.2, 0.25) is 11.8 Å². The Morgan fingerprint density at radius 1 is 1.31 bits per heavy atom. The number of amides is 2. The molecule has 1 aliphatic heterocycles. The minimum absolute atomic E-state index is 0.0284. The molecule has 0 unspecified atom stereocenters. The average molecular weight is 371 g/mol. The largest absolute Gasteiger partial charge is 0.352 e. The van der Waals surface area contributed by atoms with E-state index in [0.29, 0.717) is 25.5 Å². The summed E-state index contributed by atoms with van der Waals surface area (Å²) in [7, 11) is 0. The highest BCUT2D eigenvalue weighted by Gasteiger charge is 2.32. The zero-order chi connectivity index (χ0) is 19.4. The van der Waals surface area contributed by atoms with Gasteiger partial charge in [-0.25, -0.2) is 13.2 Å². The first kappa shape index (κ1) is 20.2. The summed E-state index contributed by atoms with van der Waals surface area (Å²) in [5.74, 6) is -3.85. The van der Waals surface area contributed by atoms with Gasteiger partial charge in [0.1, 0.15) is 11.9 Å². The molecule has 3 N–H and O–H groups in total. The highest BCUT2D eigenvalue weighted by Crippen LogP contribution is 2.18. The monoisotopic (exact) mass is 371 g/mol. The van der Waals surface area contributed by atoms with Crippen molar-refractivity contribution in [3.8, 4) is 0 Å². The highest BCUT2D eigenvalue weighted by molar-refractivity contribution is 5.88. The van der Waals surface area contributed by atoms with E-state index in [0.717, 1.165) is 6.07 Å². The number of carbonyl (C=O) groups is 2. The molecule has 1 aromatic carbocycles. The molecule has 1 aromatic rings. The molecule has 1 fully saturated rings. The van der Waals surface area contributed by atoms with E-state index in [1.165, 1.54) is 4.90 Å². The van der Waals surface area contributed by atoms with E-state index in [4.69, 9.17) is 5.73 Å². The number of nitrogens with one attached hydrogen (secondary N) is 1. The molecule has 1 heterocycles. The second-order valence-electron chi connectivity index (χ2n) is 6.74. The zero-order valence-corrected chi connectivity index (χ0v) is 14.9. The van der Waals surface area contributed by atoms with Crippen LogP contribution in [0.4, 0.5) is 13.2 Å². The summed E-state index contributed by atoms with van der Waals surface area (Å²) in [6.45, 7) is 4.11. The molecular weight excluding hydrogens is 347 g/mol. The molecule has 0 aromatic heterocycles. The summed E-state index contributed by atoms with van der Waals surface area (Å²) < 4.78 is 40.0. The van der Waals surface area contributed by atoms with Crippen LogP contribution >= 0.6 is 0 Å². The Kier molecular flexibility index (Phi) is 6.63. The van der Waals surface area contributed by atoms with Gasteiger partial charge in [0.15, 0.2) is 11.6 Å². The minimum atomic E-state index is -1.27. The van der Waals surface area contributed by atoms with Gasteiger partial charge in [-0.2, -0.15) is 0 Å². The third kappa shape index (κ3) is 4.75. The van der Waals surface area contributed by atoms with Gasteiger partial charge in [-0.1, -0.05) is 6.92 Å². The summed E-state index contributed by atoms with van der Waals surface area (Å²) in [5.41, 5.74) is 5.84. The number of halogens is 3. The molecule has 0 aliphatic carbocycles. The van der Waals surface area contributed by atoms with Gasteiger partial charge in [-0.3, -0.25) is 9.59 Å². The van der Waals surface area contributed by atoms with Crippen LogP contribution < -0.4 is 11.1 Å². The van der Waals surface area contributed by atoms with Crippen molar-refractivity contribution in [2.75, 3.05) is 6.54 Å². The third-order valence-electron chi connectivity index (χ3n) is 4.59. The van der Waals surface area contributed by atoms with Crippen LogP contribution in [0.2, 0.25) is 0 Å². The molecule has 8 heteroatoms. The molecule has 0 spiro atoms. The van der Waals surface area contributed by atoms with E-state index >= 15 is 0 Å². The van der Waals surface area contributed by atoms with Crippen molar-refractivity contribution >= 4 is 11.8 Å². The van der Waals surface area contributed by atoms with Gasteiger partial charge in [0.25, 0.3) is 0 Å². The van der Waals surface area contributed by atoms with Gasteiger partial charge in [-0.15, -0.1) is 0 Å². The number of hydrogen-bond donors (Lipinski definition) is 2. The Morgan fingerprint density at radius 2 is 1.96 bits per heavy atom. The molecule has 2 amide bonds. The Hall–Kier alpha value is -2.09. The number of hydrogen-bond acceptors (Lipinski definition) is 3. The summed E-state index contributed by atoms with van der Waals surface area (Å²) in [6.07, 6.45) is 0.872. The Balaban J connectivity index is 2.05. The van der Waals surface area contributed by atoms with Crippen molar-refractivity contribution in [1.29, 1.82) is 0 Å². The maximum absolute atomic E-state index is 13.7. The molecule has 2 rings (SSSR count). The van der Waals surface area contributed by atoms with Gasteiger partial charge < -0.3 is 16.0 Å². The molecule has 1 saturated heterocycles. The topological polar surface area (TPSA) is 75.4 Å². The highest BCUT2D eigenvalue weighted by atomic mass is 19.2. The van der Waals surface area contributed by atoms with E-state index in [-0.39, 0.29) is 36.3 Å². The van der Waals surface area contributed by atoms with Gasteiger partial charge in [0, 0.05) is 31.1 Å². The number of carbonyl (C=O) groups excluding carboxylic acids is 2. The van der Waals surface area contributed by atoms with E-state index in [2.05, 4.69) is 5.32 Å². The fraction of sp³-hybridized carbons (Fsp3) is 0.556. The van der Waals surface area contributed by atoms with Crippen molar-refractivity contribution in [2.45, 2.75) is 57.7 Å². The summed E-state index contributed by atoms with van der Waals surface area (Å²) in [4.78, 5) is 26.3. The van der Waals surface area contributed by atoms with E-state index in [1.54, 1.807) is 0 Å². The van der Waals surface area contributed by atoms with Gasteiger partial charge >= 0.3 is 0 Å². The molecule has 26 heavy (non-hydrogen) atoms. The van der Waals surface area contributed by atoms with Crippen LogP contribution in [0.3, 0.4) is 0 Å². The van der Waals surface area contributed by atoms with Crippen molar-refractivity contribution in [1.82, 2.24) is 10.2 Å². The van der Waals surface area contributed by atoms with E-state index in [1.807, 2.05) is 13.8 Å². The van der Waals surface area contributed by atoms with Crippen LogP contribution in [-0.2, 0) is 16.0 Å². The fourth-order valence-corrected chi connectivity index (χ4v) is 3.16. The lowest BCUT2D eigenvalue weighted by Crippen LogP contribution is -2.48. The second-order valence-corrected chi connectivity index (χ2v) is 6.74. The molecular formula is C18H24F3N3O2. The quantitative estimate of drug-likeness (QED) is 0.776. The predicted octanol–water partition coefficient (Wildman–Crippen LogP) is 1.88. The first-order valence-corrected chi connectivity index (χ1v) is 8.71. The normalized spacial score (nSPS) is 21.9. The Labute approximate surface area is 150 Å². The average Bonchev–Trinajstić information content (AvgIpc) is 2.69. The van der Waals surface area contributed by atoms with Crippen LogP contribution in [0.5, 0.6) is 0 Å². The lowest BCUT2D eigenvalue weighted by atomic mass is 10.0. The molecule has 144 valence electrons. The van der Waals surface area contributed by atoms with Crippen molar-refractivity contribution < 1.29 is 22.8 Å². The SMILES string of the molecule is CC[C@@H]1C(=O)N[C@H](C)CCN1C(=O)C[C@H](N)Cc1cc(F)c(F)cc1F. The smallest absolute Gasteiger partial charge is 0.243 e. The summed E-state index contributed by atoms with van der Waals surface area (Å²) in [5, 5.41) is 2.85. The lowest BCUT2D eigenvalue weighted by Gasteiger charge is -2.28. The summed E-state index contributed by atoms with van der Waals surface area (Å²) >= 11 is 0. The maximum Gasteiger partial charge on any atom is 0.243 e. The first-order valence-electron chi connectivity index (χ1n) is 8.71.